The molecule has 0 radical (unpaired) electrons. The van der Waals surface area contributed by atoms with E-state index in [9.17, 15) is 14.4 Å². The quantitative estimate of drug-likeness (QED) is 0.637. The molecule has 0 spiro atoms. The lowest BCUT2D eigenvalue weighted by Crippen LogP contribution is -2.42. The smallest absolute Gasteiger partial charge is 0.326 e. The summed E-state index contributed by atoms with van der Waals surface area (Å²) >= 11 is 0. The molecule has 0 heterocycles. The number of amides is 2. The van der Waals surface area contributed by atoms with E-state index >= 15 is 0 Å². The number of carbonyl (C=O) groups excluding carboxylic acids is 3. The Morgan fingerprint density at radius 3 is 2.37 bits per heavy atom. The van der Waals surface area contributed by atoms with Crippen LogP contribution in [0.4, 0.5) is 5.69 Å². The average Bonchev–Trinajstić information content (AvgIpc) is 2.78. The number of anilines is 1. The van der Waals surface area contributed by atoms with Crippen LogP contribution in [0.5, 0.6) is 5.75 Å². The van der Waals surface area contributed by atoms with Crippen molar-refractivity contribution in [2.75, 3.05) is 25.1 Å². The van der Waals surface area contributed by atoms with Crippen molar-refractivity contribution >= 4 is 23.5 Å². The number of rotatable bonds is 9. The first-order valence-corrected chi connectivity index (χ1v) is 9.31. The zero-order chi connectivity index (χ0) is 21.9. The average molecular weight is 409 g/mol. The van der Waals surface area contributed by atoms with Gasteiger partial charge in [0.1, 0.15) is 12.3 Å². The van der Waals surface area contributed by atoms with Gasteiger partial charge in [-0.05, 0) is 43.3 Å². The number of ether oxygens (including phenoxy) is 2. The summed E-state index contributed by atoms with van der Waals surface area (Å²) in [4.78, 5) is 38.3. The lowest BCUT2D eigenvalue weighted by molar-refractivity contribution is -0.152. The zero-order valence-corrected chi connectivity index (χ0v) is 16.8. The van der Waals surface area contributed by atoms with E-state index in [4.69, 9.17) is 14.7 Å². The molecule has 0 saturated heterocycles. The maximum atomic E-state index is 12.7. The first-order valence-electron chi connectivity index (χ1n) is 9.31. The molecule has 0 fully saturated rings. The summed E-state index contributed by atoms with van der Waals surface area (Å²) < 4.78 is 10.2. The Kier molecular flexibility index (Phi) is 8.39. The van der Waals surface area contributed by atoms with E-state index in [1.54, 1.807) is 48.5 Å². The van der Waals surface area contributed by atoms with Crippen LogP contribution in [-0.4, -0.2) is 44.1 Å². The van der Waals surface area contributed by atoms with E-state index in [0.29, 0.717) is 17.0 Å². The van der Waals surface area contributed by atoms with Gasteiger partial charge in [-0.1, -0.05) is 18.2 Å². The SMILES string of the molecule is COc1ccc(C(=O)NCC(=O)O[C@@H](C)C(=O)N(CCC#N)c2ccccc2)cc1. The standard InChI is InChI=1S/C22H23N3O5/c1-16(22(28)25(14-6-13-23)18-7-4-3-5-8-18)30-20(26)15-24-21(27)17-9-11-19(29-2)12-10-17/h3-5,7-12,16H,6,14-15H2,1-2H3,(H,24,27)/t16-/m0/s1. The van der Waals surface area contributed by atoms with E-state index in [-0.39, 0.29) is 19.5 Å². The van der Waals surface area contributed by atoms with Crippen molar-refractivity contribution in [2.45, 2.75) is 19.4 Å². The molecule has 0 unspecified atom stereocenters. The van der Waals surface area contributed by atoms with Gasteiger partial charge < -0.3 is 19.7 Å². The summed E-state index contributed by atoms with van der Waals surface area (Å²) in [6.07, 6.45) is -0.937. The highest BCUT2D eigenvalue weighted by Gasteiger charge is 2.25. The Morgan fingerprint density at radius 2 is 1.77 bits per heavy atom. The van der Waals surface area contributed by atoms with E-state index in [2.05, 4.69) is 5.32 Å². The first-order chi connectivity index (χ1) is 14.5. The second kappa shape index (κ2) is 11.2. The summed E-state index contributed by atoms with van der Waals surface area (Å²) in [6.45, 7) is 1.25. The second-order valence-electron chi connectivity index (χ2n) is 6.28. The van der Waals surface area contributed by atoms with Crippen LogP contribution >= 0.6 is 0 Å². The van der Waals surface area contributed by atoms with Gasteiger partial charge in [-0.25, -0.2) is 0 Å². The molecular weight excluding hydrogens is 386 g/mol. The summed E-state index contributed by atoms with van der Waals surface area (Å²) in [5, 5.41) is 11.3. The van der Waals surface area contributed by atoms with Gasteiger partial charge in [-0.2, -0.15) is 5.26 Å². The third kappa shape index (κ3) is 6.34. The fourth-order valence-electron chi connectivity index (χ4n) is 2.64. The molecule has 0 aromatic heterocycles. The molecule has 1 N–H and O–H groups in total. The van der Waals surface area contributed by atoms with Crippen LogP contribution in [-0.2, 0) is 14.3 Å². The number of carbonyl (C=O) groups is 3. The highest BCUT2D eigenvalue weighted by Crippen LogP contribution is 2.16. The third-order valence-electron chi connectivity index (χ3n) is 4.18. The van der Waals surface area contributed by atoms with Crippen molar-refractivity contribution in [3.05, 3.63) is 60.2 Å². The minimum atomic E-state index is -1.07. The Balaban J connectivity index is 1.91. The molecule has 2 rings (SSSR count). The Bertz CT molecular complexity index is 907. The number of hydrogen-bond acceptors (Lipinski definition) is 6. The number of nitrogens with one attached hydrogen (secondary N) is 1. The molecule has 8 heteroatoms. The van der Waals surface area contributed by atoms with Crippen molar-refractivity contribution in [1.29, 1.82) is 5.26 Å². The molecule has 0 aliphatic heterocycles. The predicted octanol–water partition coefficient (Wildman–Crippen LogP) is 2.30. The van der Waals surface area contributed by atoms with E-state index < -0.39 is 23.9 Å². The minimum absolute atomic E-state index is 0.138. The van der Waals surface area contributed by atoms with Gasteiger partial charge in [0.25, 0.3) is 11.8 Å². The van der Waals surface area contributed by atoms with Crippen LogP contribution in [0.3, 0.4) is 0 Å². The summed E-state index contributed by atoms with van der Waals surface area (Å²) in [5.74, 6) is -1.04. The van der Waals surface area contributed by atoms with Crippen molar-refractivity contribution in [2.24, 2.45) is 0 Å². The number of benzene rings is 2. The maximum Gasteiger partial charge on any atom is 0.326 e. The van der Waals surface area contributed by atoms with Crippen molar-refractivity contribution in [3.63, 3.8) is 0 Å². The third-order valence-corrected chi connectivity index (χ3v) is 4.18. The molecule has 1 atom stereocenters. The number of para-hydroxylation sites is 1. The monoisotopic (exact) mass is 409 g/mol. The van der Waals surface area contributed by atoms with Crippen LogP contribution in [0.15, 0.2) is 54.6 Å². The van der Waals surface area contributed by atoms with Crippen molar-refractivity contribution in [3.8, 4) is 11.8 Å². The minimum Gasteiger partial charge on any atom is -0.497 e. The summed E-state index contributed by atoms with van der Waals surface area (Å²) in [6, 6.07) is 17.2. The van der Waals surface area contributed by atoms with Crippen molar-refractivity contribution < 1.29 is 23.9 Å². The lowest BCUT2D eigenvalue weighted by Gasteiger charge is -2.25. The molecule has 0 bridgehead atoms. The second-order valence-corrected chi connectivity index (χ2v) is 6.28. The van der Waals surface area contributed by atoms with Crippen LogP contribution in [0.2, 0.25) is 0 Å². The number of nitriles is 1. The maximum absolute atomic E-state index is 12.7. The van der Waals surface area contributed by atoms with E-state index in [0.717, 1.165) is 0 Å². The van der Waals surface area contributed by atoms with Gasteiger partial charge in [-0.3, -0.25) is 14.4 Å². The molecule has 0 aliphatic carbocycles. The molecule has 0 saturated carbocycles. The number of nitrogens with zero attached hydrogens (tertiary/aromatic N) is 2. The highest BCUT2D eigenvalue weighted by atomic mass is 16.5. The zero-order valence-electron chi connectivity index (χ0n) is 16.8. The fraction of sp³-hybridized carbons (Fsp3) is 0.273. The van der Waals surface area contributed by atoms with Gasteiger partial charge in [0.15, 0.2) is 6.10 Å². The highest BCUT2D eigenvalue weighted by molar-refractivity contribution is 5.98. The Hall–Kier alpha value is -3.86. The van der Waals surface area contributed by atoms with Gasteiger partial charge in [-0.15, -0.1) is 0 Å². The van der Waals surface area contributed by atoms with E-state index in [1.165, 1.54) is 18.9 Å². The summed E-state index contributed by atoms with van der Waals surface area (Å²) in [7, 11) is 1.52. The molecule has 2 amide bonds. The molecular formula is C22H23N3O5. The van der Waals surface area contributed by atoms with Crippen LogP contribution < -0.4 is 15.0 Å². The Labute approximate surface area is 175 Å². The van der Waals surface area contributed by atoms with Gasteiger partial charge in [0.05, 0.1) is 19.6 Å². The molecule has 156 valence electrons. The topological polar surface area (TPSA) is 109 Å². The van der Waals surface area contributed by atoms with E-state index in [1.807, 2.05) is 12.1 Å². The van der Waals surface area contributed by atoms with Crippen LogP contribution in [0, 0.1) is 11.3 Å². The summed E-state index contributed by atoms with van der Waals surface area (Å²) in [5.41, 5.74) is 0.966. The molecule has 0 aliphatic rings. The number of hydrogen-bond donors (Lipinski definition) is 1. The lowest BCUT2D eigenvalue weighted by atomic mass is 10.2. The van der Waals surface area contributed by atoms with Crippen molar-refractivity contribution in [1.82, 2.24) is 5.32 Å². The van der Waals surface area contributed by atoms with Gasteiger partial charge in [0.2, 0.25) is 0 Å². The first kappa shape index (κ1) is 22.4. The Morgan fingerprint density at radius 1 is 1.10 bits per heavy atom. The largest absolute Gasteiger partial charge is 0.497 e. The van der Waals surface area contributed by atoms with Gasteiger partial charge >= 0.3 is 5.97 Å². The fourth-order valence-corrected chi connectivity index (χ4v) is 2.64. The number of esters is 1. The van der Waals surface area contributed by atoms with Gasteiger partial charge in [0, 0.05) is 17.8 Å². The normalized spacial score (nSPS) is 11.0. The molecule has 30 heavy (non-hydrogen) atoms. The molecule has 2 aromatic rings. The molecule has 8 nitrogen and oxygen atoms in total. The molecule has 2 aromatic carbocycles. The van der Waals surface area contributed by atoms with Crippen LogP contribution in [0.25, 0.3) is 0 Å². The predicted molar refractivity (Wildman–Crippen MR) is 110 cm³/mol. The number of methoxy groups -OCH3 is 1. The van der Waals surface area contributed by atoms with Crippen LogP contribution in [0.1, 0.15) is 23.7 Å².